The van der Waals surface area contributed by atoms with Gasteiger partial charge >= 0.3 is 0 Å². The summed E-state index contributed by atoms with van der Waals surface area (Å²) in [7, 11) is 0. The van der Waals surface area contributed by atoms with Crippen molar-refractivity contribution in [2.45, 2.75) is 271 Å². The molecule has 1 heteroatoms. The van der Waals surface area contributed by atoms with Crippen LogP contribution in [-0.4, -0.2) is 12.2 Å². The summed E-state index contributed by atoms with van der Waals surface area (Å²) < 4.78 is 7.09. The van der Waals surface area contributed by atoms with E-state index in [1.54, 1.807) is 0 Å². The maximum atomic E-state index is 7.09. The summed E-state index contributed by atoms with van der Waals surface area (Å²) in [4.78, 5) is 0. The van der Waals surface area contributed by atoms with Gasteiger partial charge in [-0.25, -0.2) is 0 Å². The molecule has 0 amide bonds. The van der Waals surface area contributed by atoms with E-state index in [1.807, 2.05) is 0 Å². The maximum absolute atomic E-state index is 7.09. The molecular weight excluding hydrogens is 520 g/mol. The van der Waals surface area contributed by atoms with Gasteiger partial charge in [0.2, 0.25) is 0 Å². The van der Waals surface area contributed by atoms with E-state index in [0.717, 1.165) is 0 Å². The predicted molar refractivity (Wildman–Crippen MR) is 198 cm³/mol. The molecule has 0 spiro atoms. The molecule has 0 aromatic rings. The van der Waals surface area contributed by atoms with Gasteiger partial charge in [0.1, 0.15) is 0 Å². The van der Waals surface area contributed by atoms with Crippen molar-refractivity contribution in [3.05, 3.63) is 0 Å². The van der Waals surface area contributed by atoms with Crippen LogP contribution in [0.3, 0.4) is 0 Å². The van der Waals surface area contributed by atoms with Crippen LogP contribution in [0.15, 0.2) is 0 Å². The fourth-order valence-electron chi connectivity index (χ4n) is 6.86. The second kappa shape index (κ2) is 38.1. The summed E-state index contributed by atoms with van der Waals surface area (Å²) in [5.41, 5.74) is 0. The molecule has 0 aliphatic heterocycles. The molecule has 0 bridgehead atoms. The second-order valence-electron chi connectivity index (χ2n) is 14.4. The van der Waals surface area contributed by atoms with Crippen LogP contribution >= 0.6 is 0 Å². The van der Waals surface area contributed by atoms with Crippen LogP contribution in [0, 0.1) is 0 Å². The van der Waals surface area contributed by atoms with E-state index in [2.05, 4.69) is 27.7 Å². The van der Waals surface area contributed by atoms with Crippen LogP contribution in [0.25, 0.3) is 0 Å². The lowest BCUT2D eigenvalue weighted by atomic mass is 9.99. The Morgan fingerprint density at radius 1 is 0.233 bits per heavy atom. The number of hydrogen-bond donors (Lipinski definition) is 0. The highest BCUT2D eigenvalue weighted by Gasteiger charge is 2.17. The Morgan fingerprint density at radius 2 is 0.395 bits per heavy atom. The molecule has 0 aliphatic rings. The molecule has 260 valence electrons. The zero-order chi connectivity index (χ0) is 31.3. The SMILES string of the molecule is CCCCCCCCCCC(CCCCCCCCCC)OC(CCCCCCCCCC)CCCCCCCCCC. The number of ether oxygens (including phenoxy) is 1. The Kier molecular flexibility index (Phi) is 38.1. The fraction of sp³-hybridized carbons (Fsp3) is 1.00. The second-order valence-corrected chi connectivity index (χ2v) is 14.4. The highest BCUT2D eigenvalue weighted by molar-refractivity contribution is 4.67. The molecule has 0 aliphatic carbocycles. The van der Waals surface area contributed by atoms with Crippen molar-refractivity contribution in [2.24, 2.45) is 0 Å². The van der Waals surface area contributed by atoms with Crippen LogP contribution in [0.4, 0.5) is 0 Å². The largest absolute Gasteiger partial charge is 0.375 e. The molecule has 0 aromatic carbocycles. The van der Waals surface area contributed by atoms with Crippen molar-refractivity contribution in [3.8, 4) is 0 Å². The van der Waals surface area contributed by atoms with E-state index in [1.165, 1.54) is 231 Å². The molecule has 0 heterocycles. The first-order valence-corrected chi connectivity index (χ1v) is 20.9. The van der Waals surface area contributed by atoms with Crippen molar-refractivity contribution in [3.63, 3.8) is 0 Å². The standard InChI is InChI=1S/C42H86O/c1-5-9-13-17-21-25-29-33-37-41(38-34-30-26-22-18-14-10-6-2)43-42(39-35-31-27-23-19-15-11-7-3)40-36-32-28-24-20-16-12-8-4/h41-42H,5-40H2,1-4H3. The molecule has 0 fully saturated rings. The predicted octanol–water partition coefficient (Wildman–Crippen LogP) is 15.9. The summed E-state index contributed by atoms with van der Waals surface area (Å²) in [6, 6.07) is 0. The summed E-state index contributed by atoms with van der Waals surface area (Å²) in [6.07, 6.45) is 51.8. The molecular formula is C42H86O. The van der Waals surface area contributed by atoms with Crippen LogP contribution in [0.2, 0.25) is 0 Å². The van der Waals surface area contributed by atoms with E-state index in [4.69, 9.17) is 4.74 Å². The minimum absolute atomic E-state index is 0.522. The van der Waals surface area contributed by atoms with Crippen LogP contribution in [0.1, 0.15) is 259 Å². The first kappa shape index (κ1) is 43.0. The molecule has 0 atom stereocenters. The molecule has 0 N–H and O–H groups in total. The summed E-state index contributed by atoms with van der Waals surface area (Å²) >= 11 is 0. The van der Waals surface area contributed by atoms with Gasteiger partial charge in [0.15, 0.2) is 0 Å². The van der Waals surface area contributed by atoms with Gasteiger partial charge in [-0.2, -0.15) is 0 Å². The molecule has 43 heavy (non-hydrogen) atoms. The Bertz CT molecular complexity index is 392. The lowest BCUT2D eigenvalue weighted by Gasteiger charge is -2.26. The molecule has 0 saturated carbocycles. The smallest absolute Gasteiger partial charge is 0.0578 e. The minimum atomic E-state index is 0.522. The molecule has 0 aromatic heterocycles. The van der Waals surface area contributed by atoms with Gasteiger partial charge < -0.3 is 4.74 Å². The average Bonchev–Trinajstić information content (AvgIpc) is 3.01. The van der Waals surface area contributed by atoms with Crippen molar-refractivity contribution in [2.75, 3.05) is 0 Å². The van der Waals surface area contributed by atoms with E-state index in [9.17, 15) is 0 Å². The molecule has 0 radical (unpaired) electrons. The minimum Gasteiger partial charge on any atom is -0.375 e. The summed E-state index contributed by atoms with van der Waals surface area (Å²) in [5.74, 6) is 0. The Hall–Kier alpha value is -0.0400. The molecule has 1 nitrogen and oxygen atoms in total. The van der Waals surface area contributed by atoms with E-state index in [-0.39, 0.29) is 0 Å². The first-order valence-electron chi connectivity index (χ1n) is 20.9. The van der Waals surface area contributed by atoms with Crippen molar-refractivity contribution < 1.29 is 4.74 Å². The molecule has 0 rings (SSSR count). The van der Waals surface area contributed by atoms with Crippen LogP contribution in [-0.2, 0) is 4.74 Å². The topological polar surface area (TPSA) is 9.23 Å². The summed E-state index contributed by atoms with van der Waals surface area (Å²) in [6.45, 7) is 9.29. The number of unbranched alkanes of at least 4 members (excludes halogenated alkanes) is 28. The van der Waals surface area contributed by atoms with Gasteiger partial charge in [-0.3, -0.25) is 0 Å². The first-order chi connectivity index (χ1) is 21.3. The summed E-state index contributed by atoms with van der Waals surface area (Å²) in [5, 5.41) is 0. The van der Waals surface area contributed by atoms with Crippen LogP contribution in [0.5, 0.6) is 0 Å². The quantitative estimate of drug-likeness (QED) is 0.0635. The molecule has 0 unspecified atom stereocenters. The van der Waals surface area contributed by atoms with Gasteiger partial charge in [-0.15, -0.1) is 0 Å². The Labute approximate surface area is 275 Å². The van der Waals surface area contributed by atoms with Crippen molar-refractivity contribution in [1.29, 1.82) is 0 Å². The highest BCUT2D eigenvalue weighted by Crippen LogP contribution is 2.24. The highest BCUT2D eigenvalue weighted by atomic mass is 16.5. The van der Waals surface area contributed by atoms with E-state index < -0.39 is 0 Å². The zero-order valence-electron chi connectivity index (χ0n) is 31.0. The van der Waals surface area contributed by atoms with Gasteiger partial charge in [0.05, 0.1) is 12.2 Å². The maximum Gasteiger partial charge on any atom is 0.0578 e. The lowest BCUT2D eigenvalue weighted by Crippen LogP contribution is -2.23. The van der Waals surface area contributed by atoms with Crippen molar-refractivity contribution in [1.82, 2.24) is 0 Å². The third kappa shape index (κ3) is 34.7. The van der Waals surface area contributed by atoms with Crippen molar-refractivity contribution >= 4 is 0 Å². The normalized spacial score (nSPS) is 11.9. The number of hydrogen-bond acceptors (Lipinski definition) is 1. The van der Waals surface area contributed by atoms with Gasteiger partial charge in [-0.1, -0.05) is 233 Å². The zero-order valence-corrected chi connectivity index (χ0v) is 31.0. The molecule has 0 saturated heterocycles. The number of rotatable bonds is 38. The monoisotopic (exact) mass is 607 g/mol. The van der Waals surface area contributed by atoms with E-state index >= 15 is 0 Å². The average molecular weight is 607 g/mol. The Balaban J connectivity index is 4.68. The third-order valence-electron chi connectivity index (χ3n) is 9.90. The van der Waals surface area contributed by atoms with Gasteiger partial charge in [-0.05, 0) is 25.7 Å². The fourth-order valence-corrected chi connectivity index (χ4v) is 6.86. The Morgan fingerprint density at radius 3 is 0.581 bits per heavy atom. The third-order valence-corrected chi connectivity index (χ3v) is 9.90. The van der Waals surface area contributed by atoms with Gasteiger partial charge in [0, 0.05) is 0 Å². The van der Waals surface area contributed by atoms with Crippen LogP contribution < -0.4 is 0 Å². The van der Waals surface area contributed by atoms with Gasteiger partial charge in [0.25, 0.3) is 0 Å². The van der Waals surface area contributed by atoms with E-state index in [0.29, 0.717) is 12.2 Å². The lowest BCUT2D eigenvalue weighted by molar-refractivity contribution is -0.0324.